The summed E-state index contributed by atoms with van der Waals surface area (Å²) in [7, 11) is 3.57. The average Bonchev–Trinajstić information content (AvgIpc) is 3.49. The van der Waals surface area contributed by atoms with E-state index in [-0.39, 0.29) is 33.2 Å². The first-order valence-corrected chi connectivity index (χ1v) is 13.9. The molecule has 3 aromatic rings. The number of piperidine rings is 1. The summed E-state index contributed by atoms with van der Waals surface area (Å²) in [6, 6.07) is 4.01. The number of nitrogens with one attached hydrogen (secondary N) is 2. The van der Waals surface area contributed by atoms with E-state index in [2.05, 4.69) is 20.8 Å². The number of nitrogens with zero attached hydrogens (tertiary/aromatic N) is 3. The van der Waals surface area contributed by atoms with E-state index in [1.165, 1.54) is 0 Å². The molecule has 208 valence electrons. The standard InChI is InChI=1S/C20H24F4N6OS2.2C2H6/c1-26-8-12(25)19-28-18(29-31-19)17-16(33-20(22,23)24)10-4-3-5-14(15(10)32-17)27-13-6-7-30(2)9-11(13)21;2*1-2/h3-5,11-13,26-27H,6-9,25H2,1-2H3;2*1-2H3. The van der Waals surface area contributed by atoms with Gasteiger partial charge >= 0.3 is 5.51 Å². The van der Waals surface area contributed by atoms with Gasteiger partial charge in [-0.3, -0.25) is 0 Å². The number of hydrogen-bond acceptors (Lipinski definition) is 9. The molecule has 0 aliphatic carbocycles. The molecule has 2 aromatic heterocycles. The normalized spacial score (nSPS) is 19.0. The van der Waals surface area contributed by atoms with Gasteiger partial charge in [0.05, 0.1) is 27.3 Å². The predicted molar refractivity (Wildman–Crippen MR) is 145 cm³/mol. The van der Waals surface area contributed by atoms with Crippen LogP contribution in [0.25, 0.3) is 20.8 Å². The summed E-state index contributed by atoms with van der Waals surface area (Å²) in [5.41, 5.74) is 2.04. The molecule has 1 aliphatic rings. The second kappa shape index (κ2) is 14.3. The van der Waals surface area contributed by atoms with Gasteiger partial charge in [0.2, 0.25) is 11.7 Å². The SMILES string of the molecule is CC.CC.CNCC(N)c1nc(-c2sc3c(NC4CCN(C)CC4F)cccc3c2SC(F)(F)F)no1. The fourth-order valence-electron chi connectivity index (χ4n) is 3.78. The number of benzene rings is 1. The summed E-state index contributed by atoms with van der Waals surface area (Å²) in [5.74, 6) is 0.169. The van der Waals surface area contributed by atoms with Crippen LogP contribution in [0.3, 0.4) is 0 Å². The number of alkyl halides is 4. The molecular weight excluding hydrogens is 528 g/mol. The lowest BCUT2D eigenvalue weighted by Crippen LogP contribution is -2.46. The Labute approximate surface area is 223 Å². The van der Waals surface area contributed by atoms with Crippen LogP contribution in [-0.2, 0) is 0 Å². The highest BCUT2D eigenvalue weighted by Crippen LogP contribution is 2.50. The van der Waals surface area contributed by atoms with Crippen LogP contribution in [0.2, 0.25) is 0 Å². The fraction of sp³-hybridized carbons (Fsp3) is 0.583. The van der Waals surface area contributed by atoms with Crippen molar-refractivity contribution in [3.8, 4) is 10.7 Å². The second-order valence-corrected chi connectivity index (χ2v) is 10.0. The highest BCUT2D eigenvalue weighted by Gasteiger charge is 2.35. The Morgan fingerprint density at radius 3 is 2.59 bits per heavy atom. The van der Waals surface area contributed by atoms with Crippen molar-refractivity contribution in [3.63, 3.8) is 0 Å². The third-order valence-corrected chi connectivity index (χ3v) is 7.58. The van der Waals surface area contributed by atoms with Crippen molar-refractivity contribution >= 4 is 38.9 Å². The van der Waals surface area contributed by atoms with E-state index in [4.69, 9.17) is 10.3 Å². The molecule has 13 heteroatoms. The zero-order valence-electron chi connectivity index (χ0n) is 21.9. The highest BCUT2D eigenvalue weighted by molar-refractivity contribution is 8.00. The fourth-order valence-corrected chi connectivity index (χ4v) is 5.89. The van der Waals surface area contributed by atoms with Gasteiger partial charge in [-0.25, -0.2) is 4.39 Å². The van der Waals surface area contributed by atoms with Crippen LogP contribution in [-0.4, -0.2) is 66.5 Å². The molecule has 0 spiro atoms. The van der Waals surface area contributed by atoms with Crippen LogP contribution in [0.5, 0.6) is 0 Å². The molecule has 4 rings (SSSR count). The molecule has 0 bridgehead atoms. The Morgan fingerprint density at radius 2 is 1.97 bits per heavy atom. The molecule has 3 atom stereocenters. The molecule has 1 aliphatic heterocycles. The monoisotopic (exact) mass is 564 g/mol. The van der Waals surface area contributed by atoms with E-state index >= 15 is 0 Å². The van der Waals surface area contributed by atoms with Gasteiger partial charge in [-0.05, 0) is 38.3 Å². The number of anilines is 1. The first-order chi connectivity index (χ1) is 17.7. The molecule has 3 unspecified atom stereocenters. The van der Waals surface area contributed by atoms with Gasteiger partial charge in [-0.2, -0.15) is 18.2 Å². The number of thiophene rings is 1. The molecule has 1 saturated heterocycles. The lowest BCUT2D eigenvalue weighted by Gasteiger charge is -2.33. The van der Waals surface area contributed by atoms with E-state index in [0.717, 1.165) is 17.9 Å². The summed E-state index contributed by atoms with van der Waals surface area (Å²) < 4.78 is 60.7. The number of fused-ring (bicyclic) bond motifs is 1. The molecule has 3 heterocycles. The number of likely N-dealkylation sites (tertiary alicyclic amines) is 1. The average molecular weight is 565 g/mol. The smallest absolute Gasteiger partial charge is 0.378 e. The predicted octanol–water partition coefficient (Wildman–Crippen LogP) is 6.29. The Balaban J connectivity index is 0.00000115. The molecule has 1 fully saturated rings. The summed E-state index contributed by atoms with van der Waals surface area (Å²) >= 11 is 0.894. The van der Waals surface area contributed by atoms with Crippen LogP contribution in [0.1, 0.15) is 46.0 Å². The minimum absolute atomic E-state index is 0.0131. The molecule has 37 heavy (non-hydrogen) atoms. The lowest BCUT2D eigenvalue weighted by molar-refractivity contribution is -0.0327. The number of hydrogen-bond donors (Lipinski definition) is 3. The van der Waals surface area contributed by atoms with Gasteiger partial charge in [0.1, 0.15) is 6.17 Å². The van der Waals surface area contributed by atoms with Crippen LogP contribution in [0.15, 0.2) is 27.6 Å². The summed E-state index contributed by atoms with van der Waals surface area (Å²) in [6.07, 6.45) is -0.496. The van der Waals surface area contributed by atoms with Crippen molar-refractivity contribution in [2.24, 2.45) is 5.73 Å². The summed E-state index contributed by atoms with van der Waals surface area (Å²) in [5, 5.41) is 10.4. The van der Waals surface area contributed by atoms with E-state index in [9.17, 15) is 17.6 Å². The second-order valence-electron chi connectivity index (χ2n) is 7.93. The molecule has 1 aromatic carbocycles. The number of rotatable bonds is 7. The third kappa shape index (κ3) is 8.03. The Hall–Kier alpha value is -1.93. The van der Waals surface area contributed by atoms with Gasteiger partial charge in [-0.1, -0.05) is 45.0 Å². The highest BCUT2D eigenvalue weighted by atomic mass is 32.2. The number of halogens is 4. The van der Waals surface area contributed by atoms with Gasteiger partial charge in [0.25, 0.3) is 0 Å². The molecular formula is C24H36F4N6OS2. The van der Waals surface area contributed by atoms with Crippen LogP contribution in [0.4, 0.5) is 23.2 Å². The summed E-state index contributed by atoms with van der Waals surface area (Å²) in [6.45, 7) is 9.40. The maximum absolute atomic E-state index is 14.6. The largest absolute Gasteiger partial charge is 0.446 e. The Morgan fingerprint density at radius 1 is 1.27 bits per heavy atom. The minimum atomic E-state index is -4.51. The zero-order valence-corrected chi connectivity index (χ0v) is 23.6. The first-order valence-electron chi connectivity index (χ1n) is 12.3. The molecule has 0 radical (unpaired) electrons. The Bertz CT molecular complexity index is 1110. The van der Waals surface area contributed by atoms with Gasteiger partial charge < -0.3 is 25.8 Å². The van der Waals surface area contributed by atoms with E-state index in [1.807, 2.05) is 39.6 Å². The summed E-state index contributed by atoms with van der Waals surface area (Å²) in [4.78, 5) is 6.38. The van der Waals surface area contributed by atoms with Gasteiger partial charge in [0.15, 0.2) is 0 Å². The van der Waals surface area contributed by atoms with Crippen molar-refractivity contribution in [1.29, 1.82) is 0 Å². The molecule has 0 amide bonds. The van der Waals surface area contributed by atoms with Crippen molar-refractivity contribution in [2.75, 3.05) is 39.0 Å². The van der Waals surface area contributed by atoms with Crippen molar-refractivity contribution in [1.82, 2.24) is 20.4 Å². The number of likely N-dealkylation sites (N-methyl/N-ethyl adjacent to an activating group) is 1. The van der Waals surface area contributed by atoms with Crippen molar-refractivity contribution in [2.45, 2.75) is 62.8 Å². The molecule has 4 N–H and O–H groups in total. The minimum Gasteiger partial charge on any atom is -0.378 e. The number of nitrogens with two attached hydrogens (primary N) is 1. The molecule has 0 saturated carbocycles. The number of thioether (sulfide) groups is 1. The van der Waals surface area contributed by atoms with Crippen LogP contribution < -0.4 is 16.4 Å². The zero-order chi connectivity index (χ0) is 27.8. The van der Waals surface area contributed by atoms with Gasteiger partial charge in [0, 0.05) is 29.9 Å². The van der Waals surface area contributed by atoms with E-state index in [1.54, 1.807) is 25.2 Å². The van der Waals surface area contributed by atoms with Crippen LogP contribution >= 0.6 is 23.1 Å². The Kier molecular flexibility index (Phi) is 12.1. The first kappa shape index (κ1) is 31.3. The molecule has 7 nitrogen and oxygen atoms in total. The quantitative estimate of drug-likeness (QED) is 0.228. The van der Waals surface area contributed by atoms with Gasteiger partial charge in [-0.15, -0.1) is 11.3 Å². The topological polar surface area (TPSA) is 92.2 Å². The number of aromatic nitrogens is 2. The van der Waals surface area contributed by atoms with Crippen LogP contribution in [0, 0.1) is 0 Å². The van der Waals surface area contributed by atoms with Crippen molar-refractivity contribution < 1.29 is 22.1 Å². The van der Waals surface area contributed by atoms with E-state index in [0.29, 0.717) is 35.3 Å². The third-order valence-electron chi connectivity index (χ3n) is 5.36. The van der Waals surface area contributed by atoms with Crippen molar-refractivity contribution in [3.05, 3.63) is 24.1 Å². The maximum Gasteiger partial charge on any atom is 0.446 e. The maximum atomic E-state index is 14.6. The lowest BCUT2D eigenvalue weighted by atomic mass is 10.0. The van der Waals surface area contributed by atoms with E-state index < -0.39 is 23.8 Å².